The van der Waals surface area contributed by atoms with E-state index in [9.17, 15) is 9.59 Å². The Balaban J connectivity index is 2.20. The first-order valence-electron chi connectivity index (χ1n) is 6.68. The van der Waals surface area contributed by atoms with Crippen LogP contribution in [0.1, 0.15) is 25.3 Å². The fourth-order valence-electron chi connectivity index (χ4n) is 2.34. The Bertz CT molecular complexity index is 591. The minimum atomic E-state index is -1.07. The summed E-state index contributed by atoms with van der Waals surface area (Å²) >= 11 is 0. The van der Waals surface area contributed by atoms with Gasteiger partial charge in [-0.2, -0.15) is 5.26 Å². The summed E-state index contributed by atoms with van der Waals surface area (Å²) in [4.78, 5) is 25.7. The van der Waals surface area contributed by atoms with Crippen LogP contribution in [0.15, 0.2) is 24.3 Å². The molecule has 1 aromatic rings. The SMILES string of the molecule is COc1ccc(C2(C)NC(=O)N(CCCC#N)C2=O)cc1. The molecule has 1 aromatic carbocycles. The van der Waals surface area contributed by atoms with Crippen molar-refractivity contribution in [2.24, 2.45) is 0 Å². The van der Waals surface area contributed by atoms with Gasteiger partial charge in [-0.15, -0.1) is 0 Å². The number of ether oxygens (including phenoxy) is 1. The number of imide groups is 1. The summed E-state index contributed by atoms with van der Waals surface area (Å²) in [5.74, 6) is 0.389. The largest absolute Gasteiger partial charge is 0.497 e. The Morgan fingerprint density at radius 3 is 2.57 bits per heavy atom. The van der Waals surface area contributed by atoms with E-state index in [1.807, 2.05) is 6.07 Å². The van der Waals surface area contributed by atoms with Crippen LogP contribution in [0.5, 0.6) is 5.75 Å². The molecular weight excluding hydrogens is 270 g/mol. The standard InChI is InChI=1S/C15H17N3O3/c1-15(11-5-7-12(21-2)8-6-11)13(19)18(14(20)17-15)10-4-3-9-16/h5-8H,3-4,10H2,1-2H3,(H,17,20). The number of rotatable bonds is 5. The summed E-state index contributed by atoms with van der Waals surface area (Å²) in [7, 11) is 1.57. The smallest absolute Gasteiger partial charge is 0.325 e. The van der Waals surface area contributed by atoms with Crippen LogP contribution >= 0.6 is 0 Å². The summed E-state index contributed by atoms with van der Waals surface area (Å²) in [5, 5.41) is 11.3. The van der Waals surface area contributed by atoms with Crippen LogP contribution in [0.3, 0.4) is 0 Å². The predicted molar refractivity (Wildman–Crippen MR) is 75.4 cm³/mol. The normalized spacial score (nSPS) is 21.1. The molecule has 0 saturated carbocycles. The number of methoxy groups -OCH3 is 1. The van der Waals surface area contributed by atoms with Gasteiger partial charge >= 0.3 is 6.03 Å². The van der Waals surface area contributed by atoms with E-state index in [4.69, 9.17) is 10.00 Å². The lowest BCUT2D eigenvalue weighted by molar-refractivity contribution is -0.131. The molecule has 1 N–H and O–H groups in total. The Labute approximate surface area is 123 Å². The molecule has 1 unspecified atom stereocenters. The van der Waals surface area contributed by atoms with Crippen molar-refractivity contribution in [1.82, 2.24) is 10.2 Å². The third-order valence-corrected chi connectivity index (χ3v) is 3.61. The van der Waals surface area contributed by atoms with Gasteiger partial charge in [0.2, 0.25) is 0 Å². The number of hydrogen-bond acceptors (Lipinski definition) is 4. The molecule has 6 heteroatoms. The van der Waals surface area contributed by atoms with Crippen molar-refractivity contribution >= 4 is 11.9 Å². The van der Waals surface area contributed by atoms with Gasteiger partial charge in [-0.3, -0.25) is 9.69 Å². The van der Waals surface area contributed by atoms with Crippen LogP contribution in [-0.4, -0.2) is 30.5 Å². The number of unbranched alkanes of at least 4 members (excludes halogenated alkanes) is 1. The van der Waals surface area contributed by atoms with Crippen molar-refractivity contribution < 1.29 is 14.3 Å². The number of amides is 3. The van der Waals surface area contributed by atoms with Gasteiger partial charge in [0, 0.05) is 13.0 Å². The summed E-state index contributed by atoms with van der Waals surface area (Å²) in [6.45, 7) is 1.93. The highest BCUT2D eigenvalue weighted by atomic mass is 16.5. The first-order chi connectivity index (χ1) is 10.0. The van der Waals surface area contributed by atoms with Crippen molar-refractivity contribution in [3.63, 3.8) is 0 Å². The summed E-state index contributed by atoms with van der Waals surface area (Å²) in [5.41, 5.74) is -0.375. The zero-order valence-electron chi connectivity index (χ0n) is 12.0. The van der Waals surface area contributed by atoms with Gasteiger partial charge in [-0.25, -0.2) is 4.79 Å². The third-order valence-electron chi connectivity index (χ3n) is 3.61. The molecule has 0 spiro atoms. The average molecular weight is 287 g/mol. The summed E-state index contributed by atoms with van der Waals surface area (Å²) in [6, 6.07) is 8.60. The lowest BCUT2D eigenvalue weighted by Gasteiger charge is -2.22. The Kier molecular flexibility index (Phi) is 4.13. The molecule has 3 amide bonds. The Hall–Kier alpha value is -2.55. The first kappa shape index (κ1) is 14.9. The van der Waals surface area contributed by atoms with E-state index in [2.05, 4.69) is 5.32 Å². The molecule has 21 heavy (non-hydrogen) atoms. The van der Waals surface area contributed by atoms with Gasteiger partial charge in [0.25, 0.3) is 5.91 Å². The number of nitrogens with one attached hydrogen (secondary N) is 1. The van der Waals surface area contributed by atoms with Gasteiger partial charge in [-0.05, 0) is 31.0 Å². The van der Waals surface area contributed by atoms with E-state index in [1.54, 1.807) is 38.3 Å². The van der Waals surface area contributed by atoms with Gasteiger partial charge in [0.05, 0.1) is 13.2 Å². The number of hydrogen-bond donors (Lipinski definition) is 1. The quantitative estimate of drug-likeness (QED) is 0.661. The Morgan fingerprint density at radius 1 is 1.33 bits per heavy atom. The molecule has 0 aromatic heterocycles. The molecule has 1 fully saturated rings. The van der Waals surface area contributed by atoms with E-state index < -0.39 is 11.6 Å². The van der Waals surface area contributed by atoms with Crippen molar-refractivity contribution in [1.29, 1.82) is 5.26 Å². The fraction of sp³-hybridized carbons (Fsp3) is 0.400. The van der Waals surface area contributed by atoms with Crippen LogP contribution in [0.4, 0.5) is 4.79 Å². The average Bonchev–Trinajstić information content (AvgIpc) is 2.71. The molecule has 1 heterocycles. The van der Waals surface area contributed by atoms with Crippen LogP contribution in [0.2, 0.25) is 0 Å². The van der Waals surface area contributed by atoms with Gasteiger partial charge in [-0.1, -0.05) is 12.1 Å². The molecule has 1 aliphatic rings. The molecule has 2 rings (SSSR count). The monoisotopic (exact) mass is 287 g/mol. The lowest BCUT2D eigenvalue weighted by Crippen LogP contribution is -2.40. The topological polar surface area (TPSA) is 82.4 Å². The van der Waals surface area contributed by atoms with Gasteiger partial charge in [0.1, 0.15) is 11.3 Å². The molecule has 6 nitrogen and oxygen atoms in total. The number of carbonyl (C=O) groups is 2. The van der Waals surface area contributed by atoms with Crippen molar-refractivity contribution in [2.45, 2.75) is 25.3 Å². The molecule has 110 valence electrons. The molecule has 0 bridgehead atoms. The second kappa shape index (κ2) is 5.83. The second-order valence-electron chi connectivity index (χ2n) is 5.00. The van der Waals surface area contributed by atoms with E-state index in [1.165, 1.54) is 4.90 Å². The first-order valence-corrected chi connectivity index (χ1v) is 6.68. The number of benzene rings is 1. The third kappa shape index (κ3) is 2.68. The minimum absolute atomic E-state index is 0.254. The van der Waals surface area contributed by atoms with Gasteiger partial charge in [0.15, 0.2) is 0 Å². The molecule has 0 aliphatic carbocycles. The maximum Gasteiger partial charge on any atom is 0.325 e. The van der Waals surface area contributed by atoms with Crippen LogP contribution in [0.25, 0.3) is 0 Å². The highest BCUT2D eigenvalue weighted by molar-refractivity contribution is 6.07. The molecule has 1 saturated heterocycles. The van der Waals surface area contributed by atoms with E-state index in [0.29, 0.717) is 24.2 Å². The highest BCUT2D eigenvalue weighted by Gasteiger charge is 2.48. The van der Waals surface area contributed by atoms with Crippen molar-refractivity contribution in [3.05, 3.63) is 29.8 Å². The van der Waals surface area contributed by atoms with Crippen molar-refractivity contribution in [2.75, 3.05) is 13.7 Å². The van der Waals surface area contributed by atoms with Crippen molar-refractivity contribution in [3.8, 4) is 11.8 Å². The van der Waals surface area contributed by atoms with E-state index in [0.717, 1.165) is 0 Å². The molecule has 1 atom stereocenters. The van der Waals surface area contributed by atoms with Crippen LogP contribution in [-0.2, 0) is 10.3 Å². The maximum absolute atomic E-state index is 12.5. The predicted octanol–water partition coefficient (Wildman–Crippen LogP) is 1.77. The summed E-state index contributed by atoms with van der Waals surface area (Å²) in [6.07, 6.45) is 0.796. The molecule has 0 radical (unpaired) electrons. The molecule has 1 aliphatic heterocycles. The zero-order valence-corrected chi connectivity index (χ0v) is 12.0. The maximum atomic E-state index is 12.5. The Morgan fingerprint density at radius 2 is 2.00 bits per heavy atom. The van der Waals surface area contributed by atoms with Crippen LogP contribution in [0, 0.1) is 11.3 Å². The summed E-state index contributed by atoms with van der Waals surface area (Å²) < 4.78 is 5.09. The van der Waals surface area contributed by atoms with E-state index >= 15 is 0 Å². The lowest BCUT2D eigenvalue weighted by atomic mass is 9.92. The molecular formula is C15H17N3O3. The van der Waals surface area contributed by atoms with E-state index in [-0.39, 0.29) is 12.5 Å². The van der Waals surface area contributed by atoms with Gasteiger partial charge < -0.3 is 10.1 Å². The zero-order chi connectivity index (χ0) is 15.5. The highest BCUT2D eigenvalue weighted by Crippen LogP contribution is 2.30. The fourth-order valence-corrected chi connectivity index (χ4v) is 2.34. The number of carbonyl (C=O) groups excluding carboxylic acids is 2. The minimum Gasteiger partial charge on any atom is -0.497 e. The number of urea groups is 1. The second-order valence-corrected chi connectivity index (χ2v) is 5.00. The number of nitrogens with zero attached hydrogens (tertiary/aromatic N) is 2. The number of nitriles is 1. The van der Waals surface area contributed by atoms with Crippen LogP contribution < -0.4 is 10.1 Å².